The molecule has 1 aromatic carbocycles. The first-order chi connectivity index (χ1) is 11.2. The highest BCUT2D eigenvalue weighted by atomic mass is 19.1. The molecule has 2 aliphatic heterocycles. The van der Waals surface area contributed by atoms with E-state index in [1.54, 1.807) is 28.5 Å². The first-order valence-corrected chi connectivity index (χ1v) is 7.79. The maximum atomic E-state index is 13.9. The zero-order valence-corrected chi connectivity index (χ0v) is 14.2. The predicted molar refractivity (Wildman–Crippen MR) is 96.7 cm³/mol. The van der Waals surface area contributed by atoms with E-state index in [1.165, 1.54) is 25.0 Å². The van der Waals surface area contributed by atoms with E-state index in [4.69, 9.17) is 0 Å². The SMILES string of the molecule is BN1C(=O)CCC(B)(N2Cc3c(cc(F)cc3N(B)B)C2=O)C1=O. The Balaban J connectivity index is 2.04. The fourth-order valence-electron chi connectivity index (χ4n) is 3.50. The molecule has 3 amide bonds. The monoisotopic (exact) mass is 325 g/mol. The molecule has 0 aliphatic carbocycles. The molecule has 0 saturated carbocycles. The van der Waals surface area contributed by atoms with Gasteiger partial charge in [0.2, 0.25) is 35.8 Å². The van der Waals surface area contributed by atoms with Crippen LogP contribution >= 0.6 is 0 Å². The van der Waals surface area contributed by atoms with Crippen LogP contribution in [0, 0.1) is 5.82 Å². The fraction of sp³-hybridized carbons (Fsp3) is 0.308. The average molecular weight is 325 g/mol. The van der Waals surface area contributed by atoms with Gasteiger partial charge in [0.05, 0.1) is 5.44 Å². The number of piperidine rings is 1. The van der Waals surface area contributed by atoms with Crippen LogP contribution in [0.25, 0.3) is 0 Å². The van der Waals surface area contributed by atoms with Gasteiger partial charge in [0.15, 0.2) is 0 Å². The van der Waals surface area contributed by atoms with Gasteiger partial charge >= 0.3 is 0 Å². The molecule has 0 aromatic heterocycles. The average Bonchev–Trinajstić information content (AvgIpc) is 2.86. The Morgan fingerprint density at radius 1 is 1.21 bits per heavy atom. The van der Waals surface area contributed by atoms with Gasteiger partial charge < -0.3 is 14.4 Å². The van der Waals surface area contributed by atoms with Gasteiger partial charge in [0, 0.05) is 29.8 Å². The molecule has 120 valence electrons. The number of anilines is 1. The molecule has 1 saturated heterocycles. The molecule has 2 aliphatic rings. The van der Waals surface area contributed by atoms with Gasteiger partial charge in [-0.3, -0.25) is 14.4 Å². The van der Waals surface area contributed by atoms with Crippen LogP contribution < -0.4 is 4.72 Å². The van der Waals surface area contributed by atoms with Gasteiger partial charge in [0.25, 0.3) is 5.91 Å². The molecule has 0 radical (unpaired) electrons. The second-order valence-electron chi connectivity index (χ2n) is 6.77. The minimum atomic E-state index is -1.10. The Morgan fingerprint density at radius 2 is 1.88 bits per heavy atom. The van der Waals surface area contributed by atoms with E-state index in [-0.39, 0.29) is 36.8 Å². The third-order valence-corrected chi connectivity index (χ3v) is 5.03. The number of benzene rings is 1. The van der Waals surface area contributed by atoms with Gasteiger partial charge in [-0.1, -0.05) is 0 Å². The number of carbonyl (C=O) groups is 3. The second-order valence-corrected chi connectivity index (χ2v) is 6.77. The minimum Gasteiger partial charge on any atom is -0.472 e. The zero-order chi connectivity index (χ0) is 17.8. The lowest BCUT2D eigenvalue weighted by Crippen LogP contribution is -2.64. The normalized spacial score (nSPS) is 23.6. The zero-order valence-electron chi connectivity index (χ0n) is 14.2. The molecule has 0 N–H and O–H groups in total. The van der Waals surface area contributed by atoms with Crippen molar-refractivity contribution < 1.29 is 18.8 Å². The Morgan fingerprint density at radius 3 is 2.50 bits per heavy atom. The van der Waals surface area contributed by atoms with Crippen molar-refractivity contribution in [3.8, 4) is 0 Å². The summed E-state index contributed by atoms with van der Waals surface area (Å²) in [5.41, 5.74) is 0.517. The number of rotatable bonds is 2. The number of fused-ring (bicyclic) bond motifs is 1. The largest absolute Gasteiger partial charge is 0.472 e. The number of amides is 3. The van der Waals surface area contributed by atoms with E-state index < -0.39 is 17.2 Å². The van der Waals surface area contributed by atoms with E-state index in [9.17, 15) is 18.8 Å². The molecule has 6 nitrogen and oxygen atoms in total. The van der Waals surface area contributed by atoms with Crippen molar-refractivity contribution in [3.05, 3.63) is 29.1 Å². The Kier molecular flexibility index (Phi) is 3.77. The molecule has 2 heterocycles. The standard InChI is InChI=1S/C13H16B4FN3O3/c14-13(2-1-10(22)20(15)12(13)24)19-5-8-7(11(19)23)3-6(18)4-9(8)21(16)17/h3-4H,1-2,5,14-17H2. The summed E-state index contributed by atoms with van der Waals surface area (Å²) < 4.78 is 15.6. The van der Waals surface area contributed by atoms with Gasteiger partial charge in [-0.2, -0.15) is 0 Å². The summed E-state index contributed by atoms with van der Waals surface area (Å²) in [6.07, 6.45) is 0.474. The van der Waals surface area contributed by atoms with Crippen LogP contribution in [-0.2, 0) is 16.1 Å². The molecular formula is C13H16B4FN3O3. The first-order valence-electron chi connectivity index (χ1n) is 7.79. The quantitative estimate of drug-likeness (QED) is 0.423. The molecule has 1 unspecified atom stereocenters. The maximum Gasteiger partial charge on any atom is 0.254 e. The van der Waals surface area contributed by atoms with Gasteiger partial charge in [-0.25, -0.2) is 4.39 Å². The molecule has 1 atom stereocenters. The van der Waals surface area contributed by atoms with Crippen LogP contribution in [0.5, 0.6) is 0 Å². The highest BCUT2D eigenvalue weighted by Gasteiger charge is 2.50. The molecular weight excluding hydrogens is 308 g/mol. The number of hydrogen-bond acceptors (Lipinski definition) is 4. The Hall–Kier alpha value is -2.18. The van der Waals surface area contributed by atoms with Crippen molar-refractivity contribution >= 4 is 55.2 Å². The Bertz CT molecular complexity index is 775. The number of halogens is 1. The minimum absolute atomic E-state index is 0.202. The molecule has 24 heavy (non-hydrogen) atoms. The van der Waals surface area contributed by atoms with Crippen molar-refractivity contribution in [2.24, 2.45) is 0 Å². The van der Waals surface area contributed by atoms with Crippen LogP contribution in [0.3, 0.4) is 0 Å². The number of nitrogens with zero attached hydrogens (tertiary/aromatic N) is 3. The van der Waals surface area contributed by atoms with Crippen molar-refractivity contribution in [3.63, 3.8) is 0 Å². The van der Waals surface area contributed by atoms with Crippen LogP contribution in [-0.4, -0.2) is 64.7 Å². The lowest BCUT2D eigenvalue weighted by Gasteiger charge is -2.43. The summed E-state index contributed by atoms with van der Waals surface area (Å²) in [6, 6.07) is 2.60. The summed E-state index contributed by atoms with van der Waals surface area (Å²) in [7, 11) is 6.67. The van der Waals surface area contributed by atoms with Gasteiger partial charge in [-0.15, -0.1) is 0 Å². The van der Waals surface area contributed by atoms with Crippen molar-refractivity contribution in [2.75, 3.05) is 4.72 Å². The molecule has 11 heteroatoms. The maximum absolute atomic E-state index is 13.9. The summed E-state index contributed by atoms with van der Waals surface area (Å²) >= 11 is 0. The van der Waals surface area contributed by atoms with E-state index in [0.29, 0.717) is 11.3 Å². The second kappa shape index (κ2) is 5.43. The number of hydrogen-bond donors (Lipinski definition) is 0. The van der Waals surface area contributed by atoms with Crippen molar-refractivity contribution in [2.45, 2.75) is 24.8 Å². The topological polar surface area (TPSA) is 60.9 Å². The smallest absolute Gasteiger partial charge is 0.254 e. The third-order valence-electron chi connectivity index (χ3n) is 5.03. The van der Waals surface area contributed by atoms with E-state index in [2.05, 4.69) is 0 Å². The molecule has 0 spiro atoms. The van der Waals surface area contributed by atoms with Crippen LogP contribution in [0.4, 0.5) is 10.1 Å². The predicted octanol–water partition coefficient (Wildman–Crippen LogP) is -3.29. The Labute approximate surface area is 143 Å². The van der Waals surface area contributed by atoms with Crippen LogP contribution in [0.1, 0.15) is 28.8 Å². The van der Waals surface area contributed by atoms with E-state index >= 15 is 0 Å². The summed E-state index contributed by atoms with van der Waals surface area (Å²) in [4.78, 5) is 39.8. The van der Waals surface area contributed by atoms with Gasteiger partial charge in [-0.05, 0) is 18.6 Å². The van der Waals surface area contributed by atoms with E-state index in [0.717, 1.165) is 4.81 Å². The highest BCUT2D eigenvalue weighted by Crippen LogP contribution is 2.38. The molecule has 1 aromatic rings. The van der Waals surface area contributed by atoms with E-state index in [1.807, 2.05) is 0 Å². The third kappa shape index (κ3) is 2.25. The molecule has 3 rings (SSSR count). The lowest BCUT2D eigenvalue weighted by atomic mass is 9.68. The summed E-state index contributed by atoms with van der Waals surface area (Å²) in [5, 5.41) is 0. The molecule has 0 bridgehead atoms. The van der Waals surface area contributed by atoms with Gasteiger partial charge in [0.1, 0.15) is 13.7 Å². The highest BCUT2D eigenvalue weighted by molar-refractivity contribution is 6.42. The lowest BCUT2D eigenvalue weighted by molar-refractivity contribution is -0.147. The summed E-state index contributed by atoms with van der Waals surface area (Å²) in [5.74, 6) is -1.50. The van der Waals surface area contributed by atoms with Crippen LogP contribution in [0.15, 0.2) is 12.1 Å². The number of carbonyl (C=O) groups excluding carboxylic acids is 3. The number of imide groups is 1. The summed E-state index contributed by atoms with van der Waals surface area (Å²) in [6.45, 7) is 0.228. The van der Waals surface area contributed by atoms with Crippen LogP contribution in [0.2, 0.25) is 0 Å². The molecule has 1 fully saturated rings. The first kappa shape index (κ1) is 16.7. The fourth-order valence-corrected chi connectivity index (χ4v) is 3.50. The van der Waals surface area contributed by atoms with Crippen molar-refractivity contribution in [1.82, 2.24) is 9.71 Å². The van der Waals surface area contributed by atoms with Crippen molar-refractivity contribution in [1.29, 1.82) is 0 Å².